The number of hydrogen-bond donors (Lipinski definition) is 2. The molecule has 0 radical (unpaired) electrons. The largest absolute Gasteiger partial charge is 0.495 e. The van der Waals surface area contributed by atoms with Crippen LogP contribution in [-0.2, 0) is 15.9 Å². The highest BCUT2D eigenvalue weighted by atomic mass is 32.2. The molecule has 1 aromatic carbocycles. The van der Waals surface area contributed by atoms with Crippen molar-refractivity contribution in [3.8, 4) is 11.5 Å². The van der Waals surface area contributed by atoms with Crippen LogP contribution in [0.5, 0.6) is 11.5 Å². The van der Waals surface area contributed by atoms with E-state index in [1.807, 2.05) is 0 Å². The number of anilines is 1. The normalized spacial score (nSPS) is 15.8. The van der Waals surface area contributed by atoms with E-state index >= 15 is 0 Å². The summed E-state index contributed by atoms with van der Waals surface area (Å²) in [5, 5.41) is 2.58. The van der Waals surface area contributed by atoms with E-state index in [-0.39, 0.29) is 23.2 Å². The highest BCUT2D eigenvalue weighted by Gasteiger charge is 2.20. The van der Waals surface area contributed by atoms with Crippen molar-refractivity contribution in [2.75, 3.05) is 19.0 Å². The molecule has 1 heterocycles. The Hall–Kier alpha value is -1.60. The summed E-state index contributed by atoms with van der Waals surface area (Å²) in [5.41, 5.74) is 0.433. The van der Waals surface area contributed by atoms with Crippen LogP contribution in [0.2, 0.25) is 0 Å². The molecule has 0 bridgehead atoms. The van der Waals surface area contributed by atoms with Crippen molar-refractivity contribution in [3.05, 3.63) is 12.1 Å². The summed E-state index contributed by atoms with van der Waals surface area (Å²) in [7, 11) is 1.38. The summed E-state index contributed by atoms with van der Waals surface area (Å²) in [4.78, 5) is 11.2. The Morgan fingerprint density at radius 1 is 1.56 bits per heavy atom. The first-order valence-corrected chi connectivity index (χ1v) is 5.48. The van der Waals surface area contributed by atoms with Gasteiger partial charge in [0.25, 0.3) is 5.91 Å². The van der Waals surface area contributed by atoms with Crippen LogP contribution in [0.15, 0.2) is 17.0 Å². The van der Waals surface area contributed by atoms with Crippen LogP contribution in [0, 0.1) is 0 Å². The number of benzene rings is 1. The highest BCUT2D eigenvalue weighted by Crippen LogP contribution is 2.36. The van der Waals surface area contributed by atoms with Gasteiger partial charge >= 0.3 is 0 Å². The minimum absolute atomic E-state index is 0.100. The SMILES string of the molecule is COc1cc2c(cc1S(=O)O)OCC(=O)N2. The molecule has 1 aromatic rings. The topological polar surface area (TPSA) is 84.9 Å². The standard InChI is InChI=1S/C9H9NO5S/c1-14-7-2-5-6(3-8(7)16(12)13)15-4-9(11)10-5/h2-3H,4H2,1H3,(H,10,11)(H,12,13). The third-order valence-electron chi connectivity index (χ3n) is 2.09. The molecule has 2 rings (SSSR count). The molecular weight excluding hydrogens is 234 g/mol. The second kappa shape index (κ2) is 4.11. The average Bonchev–Trinajstić information content (AvgIpc) is 2.26. The van der Waals surface area contributed by atoms with Crippen LogP contribution < -0.4 is 14.8 Å². The zero-order valence-electron chi connectivity index (χ0n) is 8.35. The fraction of sp³-hybridized carbons (Fsp3) is 0.222. The lowest BCUT2D eigenvalue weighted by atomic mass is 10.2. The zero-order chi connectivity index (χ0) is 11.7. The molecule has 0 spiro atoms. The van der Waals surface area contributed by atoms with Crippen molar-refractivity contribution in [1.29, 1.82) is 0 Å². The van der Waals surface area contributed by atoms with E-state index in [9.17, 15) is 9.00 Å². The van der Waals surface area contributed by atoms with E-state index in [0.717, 1.165) is 0 Å². The van der Waals surface area contributed by atoms with Crippen molar-refractivity contribution in [2.45, 2.75) is 4.90 Å². The van der Waals surface area contributed by atoms with Gasteiger partial charge < -0.3 is 19.3 Å². The molecule has 0 saturated carbocycles. The molecule has 1 aliphatic rings. The van der Waals surface area contributed by atoms with Crippen LogP contribution in [0.3, 0.4) is 0 Å². The molecule has 1 aliphatic heterocycles. The third-order valence-corrected chi connectivity index (χ3v) is 2.78. The van der Waals surface area contributed by atoms with Crippen molar-refractivity contribution < 1.29 is 23.0 Å². The fourth-order valence-corrected chi connectivity index (χ4v) is 1.91. The number of nitrogens with one attached hydrogen (secondary N) is 1. The maximum Gasteiger partial charge on any atom is 0.262 e. The predicted molar refractivity (Wildman–Crippen MR) is 56.2 cm³/mol. The molecule has 0 aromatic heterocycles. The maximum absolute atomic E-state index is 11.1. The maximum atomic E-state index is 11.1. The molecule has 86 valence electrons. The first kappa shape index (κ1) is 10.9. The summed E-state index contributed by atoms with van der Waals surface area (Å²) in [6.45, 7) is -0.100. The smallest absolute Gasteiger partial charge is 0.262 e. The monoisotopic (exact) mass is 243 g/mol. The summed E-state index contributed by atoms with van der Waals surface area (Å²) in [6.07, 6.45) is 0. The van der Waals surface area contributed by atoms with Crippen molar-refractivity contribution >= 4 is 22.7 Å². The molecule has 1 unspecified atom stereocenters. The number of carbonyl (C=O) groups is 1. The van der Waals surface area contributed by atoms with Crippen LogP contribution in [0.1, 0.15) is 0 Å². The second-order valence-electron chi connectivity index (χ2n) is 3.09. The van der Waals surface area contributed by atoms with Crippen LogP contribution in [0.25, 0.3) is 0 Å². The van der Waals surface area contributed by atoms with Gasteiger partial charge in [0.05, 0.1) is 12.8 Å². The molecule has 1 atom stereocenters. The first-order valence-electron chi connectivity index (χ1n) is 4.37. The Kier molecular flexibility index (Phi) is 2.80. The van der Waals surface area contributed by atoms with Gasteiger partial charge in [0.1, 0.15) is 16.4 Å². The lowest BCUT2D eigenvalue weighted by Crippen LogP contribution is -2.25. The van der Waals surface area contributed by atoms with E-state index < -0.39 is 11.1 Å². The number of ether oxygens (including phenoxy) is 2. The van der Waals surface area contributed by atoms with Gasteiger partial charge in [-0.25, -0.2) is 4.21 Å². The molecule has 0 saturated heterocycles. The van der Waals surface area contributed by atoms with Gasteiger partial charge in [0, 0.05) is 12.1 Å². The van der Waals surface area contributed by atoms with Crippen molar-refractivity contribution in [2.24, 2.45) is 0 Å². The molecule has 2 N–H and O–H groups in total. The average molecular weight is 243 g/mol. The zero-order valence-corrected chi connectivity index (χ0v) is 9.17. The summed E-state index contributed by atoms with van der Waals surface area (Å²) in [6, 6.07) is 2.83. The molecule has 7 heteroatoms. The van der Waals surface area contributed by atoms with Gasteiger partial charge in [-0.3, -0.25) is 4.79 Å². The second-order valence-corrected chi connectivity index (χ2v) is 4.02. The number of methoxy groups -OCH3 is 1. The number of rotatable bonds is 2. The fourth-order valence-electron chi connectivity index (χ4n) is 1.38. The Labute approximate surface area is 93.8 Å². The van der Waals surface area contributed by atoms with Crippen molar-refractivity contribution in [1.82, 2.24) is 0 Å². The predicted octanol–water partition coefficient (Wildman–Crippen LogP) is 0.607. The lowest BCUT2D eigenvalue weighted by molar-refractivity contribution is -0.118. The minimum Gasteiger partial charge on any atom is -0.495 e. The lowest BCUT2D eigenvalue weighted by Gasteiger charge is -2.19. The molecule has 6 nitrogen and oxygen atoms in total. The van der Waals surface area contributed by atoms with Crippen LogP contribution in [-0.4, -0.2) is 28.4 Å². The molecule has 0 aliphatic carbocycles. The first-order chi connectivity index (χ1) is 7.61. The van der Waals surface area contributed by atoms with Gasteiger partial charge in [-0.1, -0.05) is 0 Å². The Bertz CT molecular complexity index is 473. The number of hydrogen-bond acceptors (Lipinski definition) is 4. The number of fused-ring (bicyclic) bond motifs is 1. The summed E-state index contributed by atoms with van der Waals surface area (Å²) >= 11 is -2.16. The van der Waals surface area contributed by atoms with E-state index in [1.165, 1.54) is 19.2 Å². The highest BCUT2D eigenvalue weighted by molar-refractivity contribution is 7.79. The number of carbonyl (C=O) groups excluding carboxylic acids is 1. The third kappa shape index (κ3) is 1.86. The van der Waals surface area contributed by atoms with E-state index in [1.54, 1.807) is 0 Å². The summed E-state index contributed by atoms with van der Waals surface area (Å²) < 4.78 is 30.1. The van der Waals surface area contributed by atoms with E-state index in [4.69, 9.17) is 14.0 Å². The Morgan fingerprint density at radius 3 is 2.94 bits per heavy atom. The quantitative estimate of drug-likeness (QED) is 0.743. The molecule has 16 heavy (non-hydrogen) atoms. The minimum atomic E-state index is -2.16. The van der Waals surface area contributed by atoms with Gasteiger partial charge in [0.15, 0.2) is 17.7 Å². The van der Waals surface area contributed by atoms with Gasteiger partial charge in [-0.2, -0.15) is 0 Å². The molecule has 0 fully saturated rings. The van der Waals surface area contributed by atoms with Gasteiger partial charge in [0.2, 0.25) is 0 Å². The number of amides is 1. The Balaban J connectivity index is 2.52. The van der Waals surface area contributed by atoms with E-state index in [0.29, 0.717) is 11.4 Å². The van der Waals surface area contributed by atoms with Gasteiger partial charge in [-0.15, -0.1) is 0 Å². The van der Waals surface area contributed by atoms with E-state index in [2.05, 4.69) is 5.32 Å². The van der Waals surface area contributed by atoms with Gasteiger partial charge in [-0.05, 0) is 0 Å². The Morgan fingerprint density at radius 2 is 2.31 bits per heavy atom. The van der Waals surface area contributed by atoms with Crippen molar-refractivity contribution in [3.63, 3.8) is 0 Å². The van der Waals surface area contributed by atoms with Crippen LogP contribution in [0.4, 0.5) is 5.69 Å². The molecule has 1 amide bonds. The van der Waals surface area contributed by atoms with Crippen LogP contribution >= 0.6 is 0 Å². The molecular formula is C9H9NO5S. The summed E-state index contributed by atoms with van der Waals surface area (Å²) in [5.74, 6) is 0.315.